The van der Waals surface area contributed by atoms with Crippen molar-refractivity contribution in [2.75, 3.05) is 5.32 Å². The van der Waals surface area contributed by atoms with E-state index in [-0.39, 0.29) is 29.5 Å². The first-order chi connectivity index (χ1) is 14.9. The highest BCUT2D eigenvalue weighted by Gasteiger charge is 2.23. The smallest absolute Gasteiger partial charge is 0.233 e. The fraction of sp³-hybridized carbons (Fsp3) is 0.565. The number of amides is 2. The van der Waals surface area contributed by atoms with Gasteiger partial charge in [0.1, 0.15) is 5.82 Å². The van der Waals surface area contributed by atoms with Crippen LogP contribution in [0.1, 0.15) is 62.9 Å². The summed E-state index contributed by atoms with van der Waals surface area (Å²) in [5.41, 5.74) is 2.99. The summed E-state index contributed by atoms with van der Waals surface area (Å²) in [7, 11) is 0. The van der Waals surface area contributed by atoms with Gasteiger partial charge >= 0.3 is 0 Å². The third-order valence-corrected chi connectivity index (χ3v) is 6.62. The Kier molecular flexibility index (Phi) is 8.12. The maximum Gasteiger partial charge on any atom is 0.233 e. The van der Waals surface area contributed by atoms with Gasteiger partial charge in [-0.15, -0.1) is 10.2 Å². The van der Waals surface area contributed by atoms with E-state index in [2.05, 4.69) is 26.9 Å². The number of carbonyl (C=O) groups excluding carboxylic acids is 2. The molecule has 1 saturated carbocycles. The number of anilines is 1. The fourth-order valence-electron chi connectivity index (χ4n) is 4.03. The third-order valence-electron chi connectivity index (χ3n) is 5.54. The first-order valence-electron chi connectivity index (χ1n) is 11.1. The third kappa shape index (κ3) is 6.56. The van der Waals surface area contributed by atoms with Crippen LogP contribution in [0.3, 0.4) is 0 Å². The molecule has 1 aromatic heterocycles. The quantitative estimate of drug-likeness (QED) is 0.602. The number of aromatic nitrogens is 3. The molecule has 7 nitrogen and oxygen atoms in total. The van der Waals surface area contributed by atoms with Gasteiger partial charge in [0.25, 0.3) is 0 Å². The van der Waals surface area contributed by atoms with Crippen molar-refractivity contribution in [3.63, 3.8) is 0 Å². The lowest BCUT2D eigenvalue weighted by molar-refractivity contribution is -0.121. The van der Waals surface area contributed by atoms with Gasteiger partial charge in [0.15, 0.2) is 5.16 Å². The van der Waals surface area contributed by atoms with E-state index in [1.807, 2.05) is 44.4 Å². The van der Waals surface area contributed by atoms with Crippen molar-refractivity contribution in [2.24, 2.45) is 0 Å². The topological polar surface area (TPSA) is 88.9 Å². The lowest BCUT2D eigenvalue weighted by atomic mass is 9.95. The van der Waals surface area contributed by atoms with Crippen molar-refractivity contribution in [3.8, 4) is 0 Å². The van der Waals surface area contributed by atoms with E-state index in [1.54, 1.807) is 0 Å². The van der Waals surface area contributed by atoms with Gasteiger partial charge in [0.2, 0.25) is 11.8 Å². The Labute approximate surface area is 188 Å². The standard InChI is InChI=1S/C23H33N5O2S/c1-5-28-20(14-21(29)24-19-12-15(2)11-16(3)13-19)26-27-23(28)31-17(4)22(30)25-18-9-7-6-8-10-18/h11-13,17-18H,5-10,14H2,1-4H3,(H,24,29)(H,25,30). The normalized spacial score (nSPS) is 15.5. The second kappa shape index (κ2) is 10.8. The van der Waals surface area contributed by atoms with E-state index in [1.165, 1.54) is 31.0 Å². The molecule has 0 spiro atoms. The fourth-order valence-corrected chi connectivity index (χ4v) is 4.97. The molecular formula is C23H33N5O2S. The molecule has 1 unspecified atom stereocenters. The zero-order valence-electron chi connectivity index (χ0n) is 18.9. The summed E-state index contributed by atoms with van der Waals surface area (Å²) in [4.78, 5) is 25.2. The lowest BCUT2D eigenvalue weighted by Crippen LogP contribution is -2.40. The Morgan fingerprint density at radius 3 is 2.45 bits per heavy atom. The van der Waals surface area contributed by atoms with Crippen LogP contribution in [0.25, 0.3) is 0 Å². The highest BCUT2D eigenvalue weighted by atomic mass is 32.2. The maximum atomic E-state index is 12.6. The predicted octanol–water partition coefficient (Wildman–Crippen LogP) is 4.03. The second-order valence-electron chi connectivity index (χ2n) is 8.35. The Balaban J connectivity index is 1.60. The number of aryl methyl sites for hydroxylation is 2. The van der Waals surface area contributed by atoms with Gasteiger partial charge in [-0.05, 0) is 63.8 Å². The molecule has 3 rings (SSSR count). The molecule has 2 amide bonds. The number of carbonyl (C=O) groups is 2. The van der Waals surface area contributed by atoms with E-state index < -0.39 is 0 Å². The number of nitrogens with one attached hydrogen (secondary N) is 2. The molecule has 2 N–H and O–H groups in total. The number of benzene rings is 1. The lowest BCUT2D eigenvalue weighted by Gasteiger charge is -2.24. The average molecular weight is 444 g/mol. The Morgan fingerprint density at radius 1 is 1.13 bits per heavy atom. The number of thioether (sulfide) groups is 1. The minimum atomic E-state index is -0.270. The molecule has 0 radical (unpaired) electrons. The highest BCUT2D eigenvalue weighted by molar-refractivity contribution is 8.00. The zero-order valence-corrected chi connectivity index (χ0v) is 19.7. The van der Waals surface area contributed by atoms with Crippen molar-refractivity contribution in [1.29, 1.82) is 0 Å². The molecule has 168 valence electrons. The van der Waals surface area contributed by atoms with Gasteiger partial charge in [-0.3, -0.25) is 9.59 Å². The van der Waals surface area contributed by atoms with Crippen LogP contribution < -0.4 is 10.6 Å². The maximum absolute atomic E-state index is 12.6. The summed E-state index contributed by atoms with van der Waals surface area (Å²) >= 11 is 1.39. The first-order valence-corrected chi connectivity index (χ1v) is 12.0. The van der Waals surface area contributed by atoms with Crippen LogP contribution in [-0.2, 0) is 22.6 Å². The molecule has 1 fully saturated rings. The zero-order chi connectivity index (χ0) is 22.4. The van der Waals surface area contributed by atoms with E-state index in [9.17, 15) is 9.59 Å². The number of hydrogen-bond acceptors (Lipinski definition) is 5. The molecule has 1 aliphatic carbocycles. The number of nitrogens with zero attached hydrogens (tertiary/aromatic N) is 3. The molecule has 1 aromatic carbocycles. The van der Waals surface area contributed by atoms with Crippen molar-refractivity contribution in [2.45, 2.75) is 89.2 Å². The summed E-state index contributed by atoms with van der Waals surface area (Å²) in [5.74, 6) is 0.509. The first kappa shape index (κ1) is 23.3. The van der Waals surface area contributed by atoms with Gasteiger partial charge in [0.05, 0.1) is 11.7 Å². The Morgan fingerprint density at radius 2 is 1.81 bits per heavy atom. The van der Waals surface area contributed by atoms with Crippen molar-refractivity contribution in [1.82, 2.24) is 20.1 Å². The molecule has 0 aliphatic heterocycles. The highest BCUT2D eigenvalue weighted by Crippen LogP contribution is 2.24. The Bertz CT molecular complexity index is 900. The average Bonchev–Trinajstić information content (AvgIpc) is 3.08. The Hall–Kier alpha value is -2.35. The molecule has 1 atom stereocenters. The van der Waals surface area contributed by atoms with E-state index >= 15 is 0 Å². The van der Waals surface area contributed by atoms with E-state index in [0.717, 1.165) is 29.7 Å². The molecule has 2 aromatic rings. The van der Waals surface area contributed by atoms with Crippen LogP contribution in [-0.4, -0.2) is 37.9 Å². The monoisotopic (exact) mass is 443 g/mol. The molecule has 1 aliphatic rings. The van der Waals surface area contributed by atoms with Crippen LogP contribution in [0.5, 0.6) is 0 Å². The summed E-state index contributed by atoms with van der Waals surface area (Å²) in [6, 6.07) is 6.25. The second-order valence-corrected chi connectivity index (χ2v) is 9.66. The van der Waals surface area contributed by atoms with Crippen LogP contribution in [0.4, 0.5) is 5.69 Å². The molecule has 0 bridgehead atoms. The SMILES string of the molecule is CCn1c(CC(=O)Nc2cc(C)cc(C)c2)nnc1SC(C)C(=O)NC1CCCCC1. The van der Waals surface area contributed by atoms with Gasteiger partial charge in [-0.25, -0.2) is 0 Å². The van der Waals surface area contributed by atoms with Crippen molar-refractivity contribution < 1.29 is 9.59 Å². The minimum Gasteiger partial charge on any atom is -0.352 e. The van der Waals surface area contributed by atoms with Crippen molar-refractivity contribution >= 4 is 29.3 Å². The predicted molar refractivity (Wildman–Crippen MR) is 124 cm³/mol. The van der Waals surface area contributed by atoms with Gasteiger partial charge in [-0.2, -0.15) is 0 Å². The molecule has 8 heteroatoms. The van der Waals surface area contributed by atoms with Crippen molar-refractivity contribution in [3.05, 3.63) is 35.2 Å². The molecular weight excluding hydrogens is 410 g/mol. The van der Waals surface area contributed by atoms with E-state index in [0.29, 0.717) is 17.5 Å². The number of rotatable bonds is 8. The molecule has 1 heterocycles. The van der Waals surface area contributed by atoms with Crippen LogP contribution in [0.15, 0.2) is 23.4 Å². The van der Waals surface area contributed by atoms with Gasteiger partial charge in [0, 0.05) is 18.3 Å². The number of hydrogen-bond donors (Lipinski definition) is 2. The van der Waals surface area contributed by atoms with Crippen LogP contribution in [0, 0.1) is 13.8 Å². The summed E-state index contributed by atoms with van der Waals surface area (Å²) < 4.78 is 1.91. The van der Waals surface area contributed by atoms with Crippen LogP contribution >= 0.6 is 11.8 Å². The van der Waals surface area contributed by atoms with E-state index in [4.69, 9.17) is 0 Å². The van der Waals surface area contributed by atoms with Gasteiger partial charge < -0.3 is 15.2 Å². The summed E-state index contributed by atoms with van der Waals surface area (Å²) in [6.07, 6.45) is 5.89. The largest absolute Gasteiger partial charge is 0.352 e. The minimum absolute atomic E-state index is 0.0386. The molecule has 0 saturated heterocycles. The molecule has 31 heavy (non-hydrogen) atoms. The summed E-state index contributed by atoms with van der Waals surface area (Å²) in [6.45, 7) is 8.53. The summed E-state index contributed by atoms with van der Waals surface area (Å²) in [5, 5.41) is 15.0. The van der Waals surface area contributed by atoms with Gasteiger partial charge in [-0.1, -0.05) is 37.1 Å². The van der Waals surface area contributed by atoms with Crippen LogP contribution in [0.2, 0.25) is 0 Å².